The molecule has 0 saturated heterocycles. The first-order valence-electron chi connectivity index (χ1n) is 5.48. The molecule has 0 bridgehead atoms. The first-order chi connectivity index (χ1) is 9.00. The second-order valence-corrected chi connectivity index (χ2v) is 3.79. The van der Waals surface area contributed by atoms with Gasteiger partial charge >= 0.3 is 11.9 Å². The molecule has 100 valence electrons. The highest BCUT2D eigenvalue weighted by Gasteiger charge is 2.09. The number of ether oxygens (including phenoxy) is 1. The van der Waals surface area contributed by atoms with Gasteiger partial charge in [-0.25, -0.2) is 9.59 Å². The van der Waals surface area contributed by atoms with Gasteiger partial charge in [-0.05, 0) is 11.6 Å². The molecule has 2 N–H and O–H groups in total. The molecular formula is C14H14O5. The summed E-state index contributed by atoms with van der Waals surface area (Å²) in [7, 11) is 0. The summed E-state index contributed by atoms with van der Waals surface area (Å²) in [4.78, 5) is 21.5. The molecule has 0 aliphatic carbocycles. The first-order valence-corrected chi connectivity index (χ1v) is 5.48. The minimum Gasteiger partial charge on any atom is -0.478 e. The quantitative estimate of drug-likeness (QED) is 0.732. The fraction of sp³-hybridized carbons (Fsp3) is 0.143. The average molecular weight is 262 g/mol. The predicted octanol–water partition coefficient (Wildman–Crippen LogP) is 1.81. The molecule has 1 rings (SSSR count). The second-order valence-electron chi connectivity index (χ2n) is 3.79. The fourth-order valence-electron chi connectivity index (χ4n) is 1.26. The summed E-state index contributed by atoms with van der Waals surface area (Å²) in [5.74, 6) is -2.27. The van der Waals surface area contributed by atoms with Crippen LogP contribution in [0.15, 0.2) is 48.1 Å². The van der Waals surface area contributed by atoms with E-state index in [9.17, 15) is 9.59 Å². The molecule has 0 atom stereocenters. The number of rotatable bonds is 7. The van der Waals surface area contributed by atoms with Crippen LogP contribution in [0.5, 0.6) is 0 Å². The van der Waals surface area contributed by atoms with E-state index in [4.69, 9.17) is 14.9 Å². The standard InChI is InChI=1S/C14H14O5/c1-10(13(15)16)8-19-9-12(14(17)18)7-11-5-3-2-4-6-11/h2-7H,1,8-9H2,(H,15,16)(H,17,18). The maximum absolute atomic E-state index is 11.0. The zero-order valence-electron chi connectivity index (χ0n) is 10.2. The van der Waals surface area contributed by atoms with Crippen LogP contribution in [0.2, 0.25) is 0 Å². The molecule has 0 aliphatic rings. The van der Waals surface area contributed by atoms with Gasteiger partial charge in [0, 0.05) is 0 Å². The minimum atomic E-state index is -1.16. The van der Waals surface area contributed by atoms with E-state index in [1.807, 2.05) is 6.07 Å². The Balaban J connectivity index is 2.65. The maximum Gasteiger partial charge on any atom is 0.333 e. The van der Waals surface area contributed by atoms with E-state index in [2.05, 4.69) is 6.58 Å². The summed E-state index contributed by atoms with van der Waals surface area (Å²) in [5.41, 5.74) is 0.661. The number of benzene rings is 1. The molecule has 0 unspecified atom stereocenters. The minimum absolute atomic E-state index is 0.0457. The molecule has 0 heterocycles. The van der Waals surface area contributed by atoms with E-state index in [1.54, 1.807) is 24.3 Å². The maximum atomic E-state index is 11.0. The van der Waals surface area contributed by atoms with Gasteiger partial charge in [-0.3, -0.25) is 0 Å². The van der Waals surface area contributed by atoms with Crippen LogP contribution in [0, 0.1) is 0 Å². The van der Waals surface area contributed by atoms with E-state index in [1.165, 1.54) is 6.08 Å². The highest BCUT2D eigenvalue weighted by molar-refractivity contribution is 5.92. The van der Waals surface area contributed by atoms with Crippen molar-refractivity contribution in [3.8, 4) is 0 Å². The molecule has 0 spiro atoms. The van der Waals surface area contributed by atoms with E-state index in [0.717, 1.165) is 5.56 Å². The van der Waals surface area contributed by atoms with E-state index < -0.39 is 11.9 Å². The summed E-state index contributed by atoms with van der Waals surface area (Å²) >= 11 is 0. The average Bonchev–Trinajstić information content (AvgIpc) is 2.38. The third-order valence-corrected chi connectivity index (χ3v) is 2.25. The van der Waals surface area contributed by atoms with Gasteiger partial charge in [0.05, 0.1) is 24.4 Å². The van der Waals surface area contributed by atoms with Crippen molar-refractivity contribution in [1.29, 1.82) is 0 Å². The number of hydrogen-bond acceptors (Lipinski definition) is 3. The van der Waals surface area contributed by atoms with Gasteiger partial charge in [0.1, 0.15) is 0 Å². The summed E-state index contributed by atoms with van der Waals surface area (Å²) < 4.78 is 5.02. The van der Waals surface area contributed by atoms with E-state index >= 15 is 0 Å². The lowest BCUT2D eigenvalue weighted by atomic mass is 10.1. The number of hydrogen-bond donors (Lipinski definition) is 2. The predicted molar refractivity (Wildman–Crippen MR) is 69.6 cm³/mol. The van der Waals surface area contributed by atoms with Gasteiger partial charge in [0.25, 0.3) is 0 Å². The second kappa shape index (κ2) is 7.13. The zero-order valence-corrected chi connectivity index (χ0v) is 10.2. The van der Waals surface area contributed by atoms with E-state index in [-0.39, 0.29) is 24.4 Å². The van der Waals surface area contributed by atoms with Gasteiger partial charge in [-0.15, -0.1) is 0 Å². The van der Waals surface area contributed by atoms with Crippen molar-refractivity contribution < 1.29 is 24.5 Å². The van der Waals surface area contributed by atoms with Gasteiger partial charge < -0.3 is 14.9 Å². The lowest BCUT2D eigenvalue weighted by Crippen LogP contribution is -2.12. The smallest absolute Gasteiger partial charge is 0.333 e. The highest BCUT2D eigenvalue weighted by atomic mass is 16.5. The van der Waals surface area contributed by atoms with Gasteiger partial charge in [-0.1, -0.05) is 36.9 Å². The Morgan fingerprint density at radius 1 is 1.11 bits per heavy atom. The van der Waals surface area contributed by atoms with Crippen LogP contribution in [-0.2, 0) is 14.3 Å². The first kappa shape index (κ1) is 14.7. The number of carbonyl (C=O) groups is 2. The van der Waals surface area contributed by atoms with Crippen molar-refractivity contribution in [1.82, 2.24) is 0 Å². The summed E-state index contributed by atoms with van der Waals surface area (Å²) in [6.07, 6.45) is 1.48. The Morgan fingerprint density at radius 2 is 1.74 bits per heavy atom. The molecule has 0 amide bonds. The topological polar surface area (TPSA) is 83.8 Å². The zero-order chi connectivity index (χ0) is 14.3. The summed E-state index contributed by atoms with van der Waals surface area (Å²) in [6.45, 7) is 2.89. The Hall–Kier alpha value is -2.40. The molecule has 19 heavy (non-hydrogen) atoms. The highest BCUT2D eigenvalue weighted by Crippen LogP contribution is 2.08. The van der Waals surface area contributed by atoms with Gasteiger partial charge in [-0.2, -0.15) is 0 Å². The Labute approximate surface area is 110 Å². The number of carboxylic acids is 2. The molecular weight excluding hydrogens is 248 g/mol. The monoisotopic (exact) mass is 262 g/mol. The van der Waals surface area contributed by atoms with Crippen LogP contribution < -0.4 is 0 Å². The Bertz CT molecular complexity index is 502. The van der Waals surface area contributed by atoms with Crippen LogP contribution in [0.25, 0.3) is 6.08 Å². The van der Waals surface area contributed by atoms with Crippen molar-refractivity contribution >= 4 is 18.0 Å². The molecule has 0 aliphatic heterocycles. The van der Waals surface area contributed by atoms with Crippen LogP contribution in [0.1, 0.15) is 5.56 Å². The molecule has 0 aromatic heterocycles. The number of carboxylic acid groups (broad SMARTS) is 2. The van der Waals surface area contributed by atoms with Crippen LogP contribution >= 0.6 is 0 Å². The lowest BCUT2D eigenvalue weighted by molar-refractivity contribution is -0.133. The largest absolute Gasteiger partial charge is 0.478 e. The summed E-state index contributed by atoms with van der Waals surface area (Å²) in [5, 5.41) is 17.6. The SMILES string of the molecule is C=C(COCC(=Cc1ccccc1)C(=O)O)C(=O)O. The van der Waals surface area contributed by atoms with Crippen LogP contribution in [-0.4, -0.2) is 35.4 Å². The van der Waals surface area contributed by atoms with Crippen LogP contribution in [0.3, 0.4) is 0 Å². The third kappa shape index (κ3) is 5.18. The third-order valence-electron chi connectivity index (χ3n) is 2.25. The molecule has 5 nitrogen and oxygen atoms in total. The Kier molecular flexibility index (Phi) is 5.50. The fourth-order valence-corrected chi connectivity index (χ4v) is 1.26. The molecule has 0 fully saturated rings. The van der Waals surface area contributed by atoms with Crippen LogP contribution in [0.4, 0.5) is 0 Å². The van der Waals surface area contributed by atoms with Crippen molar-refractivity contribution in [2.45, 2.75) is 0 Å². The summed E-state index contributed by atoms with van der Waals surface area (Å²) in [6, 6.07) is 8.93. The lowest BCUT2D eigenvalue weighted by Gasteiger charge is -2.05. The molecule has 0 saturated carbocycles. The van der Waals surface area contributed by atoms with E-state index in [0.29, 0.717) is 0 Å². The van der Waals surface area contributed by atoms with Crippen molar-refractivity contribution in [2.75, 3.05) is 13.2 Å². The molecule has 0 radical (unpaired) electrons. The number of aliphatic carboxylic acids is 2. The van der Waals surface area contributed by atoms with Gasteiger partial charge in [0.15, 0.2) is 0 Å². The van der Waals surface area contributed by atoms with Crippen molar-refractivity contribution in [3.05, 3.63) is 53.6 Å². The van der Waals surface area contributed by atoms with Crippen molar-refractivity contribution in [2.24, 2.45) is 0 Å². The Morgan fingerprint density at radius 3 is 2.26 bits per heavy atom. The molecule has 1 aromatic rings. The molecule has 1 aromatic carbocycles. The normalized spacial score (nSPS) is 11.1. The van der Waals surface area contributed by atoms with Crippen molar-refractivity contribution in [3.63, 3.8) is 0 Å². The van der Waals surface area contributed by atoms with Gasteiger partial charge in [0.2, 0.25) is 0 Å². The molecule has 5 heteroatoms.